The Morgan fingerprint density at radius 1 is 1.08 bits per heavy atom. The van der Waals surface area contributed by atoms with Crippen LogP contribution in [0.3, 0.4) is 0 Å². The van der Waals surface area contributed by atoms with Crippen LogP contribution in [0.25, 0.3) is 0 Å². The van der Waals surface area contributed by atoms with Gasteiger partial charge in [-0.3, -0.25) is 9.59 Å². The zero-order chi connectivity index (χ0) is 17.5. The van der Waals surface area contributed by atoms with Crippen LogP contribution in [0.4, 0.5) is 4.39 Å². The number of amides is 2. The van der Waals surface area contributed by atoms with E-state index in [9.17, 15) is 14.0 Å². The van der Waals surface area contributed by atoms with E-state index in [4.69, 9.17) is 16.3 Å². The summed E-state index contributed by atoms with van der Waals surface area (Å²) >= 11 is 5.81. The van der Waals surface area contributed by atoms with Crippen LogP contribution in [0.1, 0.15) is 20.7 Å². The standard InChI is InChI=1S/C17H16ClFN2O3/c1-24-12-5-2-4-11(10-12)16(22)20-8-9-21-17(23)15-13(18)6-3-7-14(15)19/h2-7,10H,8-9H2,1H3,(H,20,22)(H,21,23). The van der Waals surface area contributed by atoms with Crippen LogP contribution in [-0.4, -0.2) is 32.0 Å². The van der Waals surface area contributed by atoms with Gasteiger partial charge in [-0.15, -0.1) is 0 Å². The van der Waals surface area contributed by atoms with Gasteiger partial charge in [-0.25, -0.2) is 4.39 Å². The third-order valence-electron chi connectivity index (χ3n) is 3.22. The highest BCUT2D eigenvalue weighted by molar-refractivity contribution is 6.33. The van der Waals surface area contributed by atoms with Crippen molar-refractivity contribution in [2.75, 3.05) is 20.2 Å². The van der Waals surface area contributed by atoms with Crippen LogP contribution in [-0.2, 0) is 0 Å². The van der Waals surface area contributed by atoms with Gasteiger partial charge in [0.05, 0.1) is 17.7 Å². The summed E-state index contributed by atoms with van der Waals surface area (Å²) in [5.41, 5.74) is 0.233. The summed E-state index contributed by atoms with van der Waals surface area (Å²) in [6.07, 6.45) is 0. The van der Waals surface area contributed by atoms with Gasteiger partial charge >= 0.3 is 0 Å². The summed E-state index contributed by atoms with van der Waals surface area (Å²) in [7, 11) is 1.51. The molecule has 0 unspecified atom stereocenters. The molecule has 0 bridgehead atoms. The van der Waals surface area contributed by atoms with Crippen LogP contribution in [0, 0.1) is 5.82 Å². The molecule has 0 spiro atoms. The Labute approximate surface area is 143 Å². The second-order valence-corrected chi connectivity index (χ2v) is 5.25. The largest absolute Gasteiger partial charge is 0.497 e. The maximum absolute atomic E-state index is 13.6. The zero-order valence-electron chi connectivity index (χ0n) is 12.9. The summed E-state index contributed by atoms with van der Waals surface area (Å²) in [5.74, 6) is -1.05. The van der Waals surface area contributed by atoms with E-state index in [1.807, 2.05) is 0 Å². The number of methoxy groups -OCH3 is 1. The van der Waals surface area contributed by atoms with E-state index in [2.05, 4.69) is 10.6 Å². The lowest BCUT2D eigenvalue weighted by Gasteiger charge is -2.09. The highest BCUT2D eigenvalue weighted by atomic mass is 35.5. The summed E-state index contributed by atoms with van der Waals surface area (Å²) in [4.78, 5) is 23.9. The molecule has 0 aliphatic carbocycles. The van der Waals surface area contributed by atoms with Crippen LogP contribution in [0.5, 0.6) is 5.75 Å². The molecule has 2 amide bonds. The molecule has 7 heteroatoms. The third-order valence-corrected chi connectivity index (χ3v) is 3.53. The van der Waals surface area contributed by atoms with Crippen molar-refractivity contribution in [3.8, 4) is 5.75 Å². The van der Waals surface area contributed by atoms with E-state index in [0.29, 0.717) is 11.3 Å². The Hall–Kier alpha value is -2.60. The Bertz CT molecular complexity index is 732. The summed E-state index contributed by atoms with van der Waals surface area (Å²) in [6, 6.07) is 10.7. The Morgan fingerprint density at radius 2 is 1.75 bits per heavy atom. The molecule has 5 nitrogen and oxygen atoms in total. The lowest BCUT2D eigenvalue weighted by atomic mass is 10.2. The molecule has 0 fully saturated rings. The van der Waals surface area contributed by atoms with Gasteiger partial charge in [0.2, 0.25) is 0 Å². The summed E-state index contributed by atoms with van der Waals surface area (Å²) in [6.45, 7) is 0.326. The second kappa shape index (κ2) is 8.31. The number of carbonyl (C=O) groups is 2. The number of halogens is 2. The normalized spacial score (nSPS) is 10.1. The predicted octanol–water partition coefficient (Wildman–Crippen LogP) is 2.65. The number of rotatable bonds is 6. The number of ether oxygens (including phenoxy) is 1. The van der Waals surface area contributed by atoms with Gasteiger partial charge in [-0.2, -0.15) is 0 Å². The molecule has 0 saturated carbocycles. The molecule has 2 aromatic rings. The van der Waals surface area contributed by atoms with Crippen molar-refractivity contribution in [3.05, 3.63) is 64.4 Å². The van der Waals surface area contributed by atoms with E-state index < -0.39 is 11.7 Å². The van der Waals surface area contributed by atoms with Crippen molar-refractivity contribution in [2.24, 2.45) is 0 Å². The van der Waals surface area contributed by atoms with Crippen molar-refractivity contribution >= 4 is 23.4 Å². The van der Waals surface area contributed by atoms with Gasteiger partial charge in [0, 0.05) is 18.7 Å². The van der Waals surface area contributed by atoms with Gasteiger partial charge in [-0.05, 0) is 30.3 Å². The van der Waals surface area contributed by atoms with Crippen molar-refractivity contribution in [2.45, 2.75) is 0 Å². The maximum Gasteiger partial charge on any atom is 0.255 e. The smallest absolute Gasteiger partial charge is 0.255 e. The van der Waals surface area contributed by atoms with Gasteiger partial charge in [0.15, 0.2) is 0 Å². The maximum atomic E-state index is 13.6. The van der Waals surface area contributed by atoms with Crippen LogP contribution < -0.4 is 15.4 Å². The molecule has 2 aromatic carbocycles. The van der Waals surface area contributed by atoms with Crippen molar-refractivity contribution in [1.82, 2.24) is 10.6 Å². The van der Waals surface area contributed by atoms with Gasteiger partial charge in [0.25, 0.3) is 11.8 Å². The molecule has 2 rings (SSSR count). The van der Waals surface area contributed by atoms with E-state index in [0.717, 1.165) is 6.07 Å². The van der Waals surface area contributed by atoms with Gasteiger partial charge in [-0.1, -0.05) is 23.7 Å². The Kier molecular flexibility index (Phi) is 6.14. The minimum Gasteiger partial charge on any atom is -0.497 e. The van der Waals surface area contributed by atoms with E-state index in [-0.39, 0.29) is 29.6 Å². The Morgan fingerprint density at radius 3 is 2.42 bits per heavy atom. The molecule has 0 aliphatic rings. The average molecular weight is 351 g/mol. The number of carbonyl (C=O) groups excluding carboxylic acids is 2. The van der Waals surface area contributed by atoms with Gasteiger partial charge < -0.3 is 15.4 Å². The van der Waals surface area contributed by atoms with E-state index in [1.165, 1.54) is 19.2 Å². The first-order valence-electron chi connectivity index (χ1n) is 7.17. The molecule has 24 heavy (non-hydrogen) atoms. The first-order valence-corrected chi connectivity index (χ1v) is 7.55. The predicted molar refractivity (Wildman–Crippen MR) is 89.1 cm³/mol. The number of hydrogen-bond acceptors (Lipinski definition) is 3. The van der Waals surface area contributed by atoms with Crippen LogP contribution in [0.2, 0.25) is 5.02 Å². The number of nitrogens with one attached hydrogen (secondary N) is 2. The topological polar surface area (TPSA) is 67.4 Å². The number of hydrogen-bond donors (Lipinski definition) is 2. The number of benzene rings is 2. The SMILES string of the molecule is COc1cccc(C(=O)NCCNC(=O)c2c(F)cccc2Cl)c1. The molecule has 2 N–H and O–H groups in total. The molecule has 0 heterocycles. The molecule has 0 atom stereocenters. The first-order chi connectivity index (χ1) is 11.5. The minimum absolute atomic E-state index is 0.0351. The molecular weight excluding hydrogens is 335 g/mol. The molecule has 0 radical (unpaired) electrons. The highest BCUT2D eigenvalue weighted by Gasteiger charge is 2.15. The molecule has 0 saturated heterocycles. The first kappa shape index (κ1) is 17.7. The fraction of sp³-hybridized carbons (Fsp3) is 0.176. The molecule has 0 aliphatic heterocycles. The highest BCUT2D eigenvalue weighted by Crippen LogP contribution is 2.18. The summed E-state index contributed by atoms with van der Waals surface area (Å²) < 4.78 is 18.7. The van der Waals surface area contributed by atoms with Crippen molar-refractivity contribution in [1.29, 1.82) is 0 Å². The van der Waals surface area contributed by atoms with Gasteiger partial charge in [0.1, 0.15) is 11.6 Å². The van der Waals surface area contributed by atoms with Crippen LogP contribution in [0.15, 0.2) is 42.5 Å². The lowest BCUT2D eigenvalue weighted by Crippen LogP contribution is -2.35. The fourth-order valence-electron chi connectivity index (χ4n) is 2.02. The monoisotopic (exact) mass is 350 g/mol. The summed E-state index contributed by atoms with van der Waals surface area (Å²) in [5, 5.41) is 5.19. The fourth-order valence-corrected chi connectivity index (χ4v) is 2.27. The Balaban J connectivity index is 1.84. The van der Waals surface area contributed by atoms with E-state index >= 15 is 0 Å². The van der Waals surface area contributed by atoms with E-state index in [1.54, 1.807) is 24.3 Å². The lowest BCUT2D eigenvalue weighted by molar-refractivity contribution is 0.0925. The molecule has 0 aromatic heterocycles. The molecule has 126 valence electrons. The van der Waals surface area contributed by atoms with Crippen LogP contribution >= 0.6 is 11.6 Å². The average Bonchev–Trinajstić information content (AvgIpc) is 2.58. The zero-order valence-corrected chi connectivity index (χ0v) is 13.7. The minimum atomic E-state index is -0.694. The van der Waals surface area contributed by atoms with Crippen molar-refractivity contribution in [3.63, 3.8) is 0 Å². The third kappa shape index (κ3) is 4.45. The quantitative estimate of drug-likeness (QED) is 0.787. The molecular formula is C17H16ClFN2O3. The second-order valence-electron chi connectivity index (χ2n) is 4.84. The van der Waals surface area contributed by atoms with Crippen molar-refractivity contribution < 1.29 is 18.7 Å².